The Labute approximate surface area is 130 Å². The third-order valence-electron chi connectivity index (χ3n) is 3.03. The van der Waals surface area contributed by atoms with Crippen LogP contribution < -0.4 is 15.8 Å². The van der Waals surface area contributed by atoms with Crippen LogP contribution in [0.15, 0.2) is 34.8 Å². The first-order valence-corrected chi connectivity index (χ1v) is 6.96. The van der Waals surface area contributed by atoms with Crippen LogP contribution in [0.5, 0.6) is 11.5 Å². The van der Waals surface area contributed by atoms with Gasteiger partial charge in [0.25, 0.3) is 5.91 Å². The molecule has 1 amide bonds. The van der Waals surface area contributed by atoms with Crippen LogP contribution >= 0.6 is 15.9 Å². The van der Waals surface area contributed by atoms with Crippen LogP contribution in [0, 0.1) is 6.92 Å². The number of carbonyl (C=O) groups is 1. The first-order valence-electron chi connectivity index (χ1n) is 6.17. The maximum absolute atomic E-state index is 12.3. The molecule has 0 atom stereocenters. The minimum atomic E-state index is -0.455. The van der Waals surface area contributed by atoms with Crippen molar-refractivity contribution in [1.29, 1.82) is 0 Å². The number of benzene rings is 2. The molecule has 2 rings (SSSR count). The van der Waals surface area contributed by atoms with E-state index in [1.54, 1.807) is 18.2 Å². The Balaban J connectivity index is 2.35. The molecular formula is C15H15BrN2O3. The van der Waals surface area contributed by atoms with Gasteiger partial charge < -0.3 is 20.9 Å². The Kier molecular flexibility index (Phi) is 4.37. The summed E-state index contributed by atoms with van der Waals surface area (Å²) in [5.74, 6) is -0.419. The van der Waals surface area contributed by atoms with Crippen molar-refractivity contribution in [3.8, 4) is 11.5 Å². The van der Waals surface area contributed by atoms with Gasteiger partial charge in [-0.15, -0.1) is 0 Å². The number of ether oxygens (including phenoxy) is 1. The van der Waals surface area contributed by atoms with E-state index in [4.69, 9.17) is 10.5 Å². The molecule has 0 bridgehead atoms. The maximum atomic E-state index is 12.3. The number of nitrogens with one attached hydrogen (secondary N) is 1. The number of aromatic hydroxyl groups is 1. The second kappa shape index (κ2) is 6.05. The average molecular weight is 351 g/mol. The van der Waals surface area contributed by atoms with Crippen LogP contribution in [0.1, 0.15) is 15.9 Å². The number of para-hydroxylation sites is 1. The van der Waals surface area contributed by atoms with Crippen molar-refractivity contribution < 1.29 is 14.6 Å². The van der Waals surface area contributed by atoms with Crippen LogP contribution in [0.4, 0.5) is 11.4 Å². The van der Waals surface area contributed by atoms with Gasteiger partial charge in [0.1, 0.15) is 0 Å². The van der Waals surface area contributed by atoms with E-state index >= 15 is 0 Å². The van der Waals surface area contributed by atoms with Crippen molar-refractivity contribution in [2.75, 3.05) is 18.2 Å². The summed E-state index contributed by atoms with van der Waals surface area (Å²) in [6.45, 7) is 1.84. The Bertz CT molecular complexity index is 678. The number of phenolic OH excluding ortho intramolecular Hbond substituents is 1. The number of rotatable bonds is 3. The highest BCUT2D eigenvalue weighted by atomic mass is 79.9. The number of anilines is 2. The second-order valence-corrected chi connectivity index (χ2v) is 5.41. The zero-order chi connectivity index (χ0) is 15.6. The van der Waals surface area contributed by atoms with Crippen molar-refractivity contribution in [2.45, 2.75) is 6.92 Å². The van der Waals surface area contributed by atoms with Crippen molar-refractivity contribution in [2.24, 2.45) is 0 Å². The number of phenols is 1. The van der Waals surface area contributed by atoms with Gasteiger partial charge in [-0.05, 0) is 36.8 Å². The van der Waals surface area contributed by atoms with Crippen LogP contribution in [0.2, 0.25) is 0 Å². The molecule has 0 radical (unpaired) electrons. The van der Waals surface area contributed by atoms with Crippen LogP contribution in [-0.2, 0) is 0 Å². The highest BCUT2D eigenvalue weighted by Gasteiger charge is 2.16. The van der Waals surface area contributed by atoms with Crippen molar-refractivity contribution in [3.63, 3.8) is 0 Å². The van der Waals surface area contributed by atoms with E-state index in [9.17, 15) is 9.90 Å². The molecule has 0 aliphatic rings. The van der Waals surface area contributed by atoms with Crippen molar-refractivity contribution in [1.82, 2.24) is 0 Å². The third-order valence-corrected chi connectivity index (χ3v) is 3.49. The number of hydrogen-bond acceptors (Lipinski definition) is 4. The lowest BCUT2D eigenvalue weighted by molar-refractivity contribution is 0.102. The lowest BCUT2D eigenvalue weighted by Crippen LogP contribution is -2.14. The molecule has 6 heteroatoms. The molecule has 0 aliphatic carbocycles. The van der Waals surface area contributed by atoms with Gasteiger partial charge in [-0.25, -0.2) is 0 Å². The molecule has 0 aliphatic heterocycles. The molecule has 21 heavy (non-hydrogen) atoms. The van der Waals surface area contributed by atoms with Gasteiger partial charge in [0, 0.05) is 4.47 Å². The number of methoxy groups -OCH3 is 1. The Morgan fingerprint density at radius 3 is 2.71 bits per heavy atom. The fraction of sp³-hybridized carbons (Fsp3) is 0.133. The smallest absolute Gasteiger partial charge is 0.259 e. The number of carbonyl (C=O) groups excluding carboxylic acids is 1. The van der Waals surface area contributed by atoms with Crippen LogP contribution in [-0.4, -0.2) is 18.1 Å². The molecule has 0 fully saturated rings. The molecule has 5 nitrogen and oxygen atoms in total. The van der Waals surface area contributed by atoms with E-state index in [-0.39, 0.29) is 17.1 Å². The minimum Gasteiger partial charge on any atom is -0.504 e. The lowest BCUT2D eigenvalue weighted by Gasteiger charge is -2.13. The van der Waals surface area contributed by atoms with E-state index in [1.165, 1.54) is 13.2 Å². The summed E-state index contributed by atoms with van der Waals surface area (Å²) in [6.07, 6.45) is 0. The molecule has 0 heterocycles. The van der Waals surface area contributed by atoms with E-state index in [2.05, 4.69) is 21.2 Å². The molecule has 0 aromatic heterocycles. The highest BCUT2D eigenvalue weighted by Crippen LogP contribution is 2.32. The monoisotopic (exact) mass is 350 g/mol. The van der Waals surface area contributed by atoms with Gasteiger partial charge >= 0.3 is 0 Å². The SMILES string of the molecule is COc1cccc(C(=O)Nc2c(C)cc(Br)cc2N)c1O. The lowest BCUT2D eigenvalue weighted by atomic mass is 10.1. The maximum Gasteiger partial charge on any atom is 0.259 e. The predicted octanol–water partition coefficient (Wildman–Crippen LogP) is 3.31. The van der Waals surface area contributed by atoms with E-state index in [0.29, 0.717) is 11.4 Å². The summed E-state index contributed by atoms with van der Waals surface area (Å²) >= 11 is 3.34. The number of hydrogen-bond donors (Lipinski definition) is 3. The van der Waals surface area contributed by atoms with Gasteiger partial charge in [-0.3, -0.25) is 4.79 Å². The summed E-state index contributed by atoms with van der Waals surface area (Å²) < 4.78 is 5.82. The Morgan fingerprint density at radius 2 is 2.10 bits per heavy atom. The van der Waals surface area contributed by atoms with E-state index in [1.807, 2.05) is 13.0 Å². The summed E-state index contributed by atoms with van der Waals surface area (Å²) in [4.78, 5) is 12.3. The predicted molar refractivity (Wildman–Crippen MR) is 85.9 cm³/mol. The van der Waals surface area contributed by atoms with Gasteiger partial charge in [0.15, 0.2) is 11.5 Å². The largest absolute Gasteiger partial charge is 0.504 e. The Morgan fingerprint density at radius 1 is 1.38 bits per heavy atom. The third kappa shape index (κ3) is 3.11. The number of halogens is 1. The normalized spacial score (nSPS) is 10.2. The molecular weight excluding hydrogens is 336 g/mol. The van der Waals surface area contributed by atoms with Crippen molar-refractivity contribution in [3.05, 3.63) is 45.9 Å². The fourth-order valence-electron chi connectivity index (χ4n) is 1.99. The topological polar surface area (TPSA) is 84.6 Å². The van der Waals surface area contributed by atoms with Crippen molar-refractivity contribution >= 4 is 33.2 Å². The zero-order valence-corrected chi connectivity index (χ0v) is 13.2. The first-order chi connectivity index (χ1) is 9.93. The number of amides is 1. The standard InChI is InChI=1S/C15H15BrN2O3/c1-8-6-9(16)7-11(17)13(8)18-15(20)10-4-3-5-12(21-2)14(10)19/h3-7,19H,17H2,1-2H3,(H,18,20). The summed E-state index contributed by atoms with van der Waals surface area (Å²) in [5, 5.41) is 12.7. The molecule has 4 N–H and O–H groups in total. The number of nitrogen functional groups attached to an aromatic ring is 1. The summed E-state index contributed by atoms with van der Waals surface area (Å²) in [6, 6.07) is 8.26. The molecule has 2 aromatic carbocycles. The van der Waals surface area contributed by atoms with Crippen LogP contribution in [0.25, 0.3) is 0 Å². The zero-order valence-electron chi connectivity index (χ0n) is 11.6. The van der Waals surface area contributed by atoms with E-state index in [0.717, 1.165) is 10.0 Å². The van der Waals surface area contributed by atoms with Gasteiger partial charge in [-0.2, -0.15) is 0 Å². The number of aryl methyl sites for hydroxylation is 1. The molecule has 0 spiro atoms. The van der Waals surface area contributed by atoms with Gasteiger partial charge in [-0.1, -0.05) is 22.0 Å². The summed E-state index contributed by atoms with van der Waals surface area (Å²) in [5.41, 5.74) is 7.81. The minimum absolute atomic E-state index is 0.121. The molecule has 110 valence electrons. The highest BCUT2D eigenvalue weighted by molar-refractivity contribution is 9.10. The van der Waals surface area contributed by atoms with Crippen LogP contribution in [0.3, 0.4) is 0 Å². The van der Waals surface area contributed by atoms with Gasteiger partial charge in [0.05, 0.1) is 24.0 Å². The second-order valence-electron chi connectivity index (χ2n) is 4.50. The van der Waals surface area contributed by atoms with E-state index < -0.39 is 5.91 Å². The summed E-state index contributed by atoms with van der Waals surface area (Å²) in [7, 11) is 1.42. The average Bonchev–Trinajstić information content (AvgIpc) is 2.42. The molecule has 2 aromatic rings. The van der Waals surface area contributed by atoms with Gasteiger partial charge in [0.2, 0.25) is 0 Å². The molecule has 0 unspecified atom stereocenters. The quantitative estimate of drug-likeness (QED) is 0.741. The first kappa shape index (κ1) is 15.2. The number of nitrogens with two attached hydrogens (primary N) is 1. The molecule has 0 saturated heterocycles. The fourth-order valence-corrected chi connectivity index (χ4v) is 2.58. The Hall–Kier alpha value is -2.21. The molecule has 0 saturated carbocycles.